The monoisotopic (exact) mass is 368 g/mol. The Hall–Kier alpha value is -0.480. The standard InChI is InChI=1S/C15H22F2O6S/c1-2-14(19)10-3-9-4-11(14)7-13(5-9,6-10)12(18)21-8-15(16,17)24-23-22-20/h9-11,19-20H,2-8H2,1H3. The summed E-state index contributed by atoms with van der Waals surface area (Å²) in [6.07, 6.45) is 4.07. The molecule has 24 heavy (non-hydrogen) atoms. The lowest BCUT2D eigenvalue weighted by Crippen LogP contribution is -2.62. The fourth-order valence-electron chi connectivity index (χ4n) is 5.29. The molecule has 2 unspecified atom stereocenters. The van der Waals surface area contributed by atoms with Crippen molar-refractivity contribution in [3.8, 4) is 0 Å². The summed E-state index contributed by atoms with van der Waals surface area (Å²) in [5.74, 6) is -0.210. The summed E-state index contributed by atoms with van der Waals surface area (Å²) in [5, 5.41) is 18.5. The first-order chi connectivity index (χ1) is 11.2. The Morgan fingerprint density at radius 3 is 2.46 bits per heavy atom. The molecule has 2 atom stereocenters. The van der Waals surface area contributed by atoms with Crippen molar-refractivity contribution in [3.63, 3.8) is 0 Å². The molecule has 0 aliphatic heterocycles. The first-order valence-corrected chi connectivity index (χ1v) is 8.92. The van der Waals surface area contributed by atoms with Crippen LogP contribution in [0, 0.1) is 23.2 Å². The van der Waals surface area contributed by atoms with Crippen molar-refractivity contribution >= 4 is 18.0 Å². The molecule has 0 aromatic heterocycles. The van der Waals surface area contributed by atoms with Gasteiger partial charge in [0.1, 0.15) is 12.0 Å². The zero-order valence-electron chi connectivity index (χ0n) is 13.4. The number of hydrogen-bond donors (Lipinski definition) is 2. The van der Waals surface area contributed by atoms with Gasteiger partial charge in [0, 0.05) is 0 Å². The van der Waals surface area contributed by atoms with Gasteiger partial charge in [0.05, 0.1) is 11.0 Å². The Morgan fingerprint density at radius 2 is 1.92 bits per heavy atom. The third-order valence-corrected chi connectivity index (χ3v) is 6.65. The number of esters is 1. The molecular weight excluding hydrogens is 346 g/mol. The van der Waals surface area contributed by atoms with Crippen molar-refractivity contribution in [3.05, 3.63) is 0 Å². The Kier molecular flexibility index (Phi) is 4.85. The van der Waals surface area contributed by atoms with Gasteiger partial charge in [0.25, 0.3) is 0 Å². The van der Waals surface area contributed by atoms with Gasteiger partial charge < -0.3 is 9.84 Å². The Morgan fingerprint density at radius 1 is 1.29 bits per heavy atom. The van der Waals surface area contributed by atoms with Crippen LogP contribution >= 0.6 is 12.0 Å². The molecule has 0 spiro atoms. The van der Waals surface area contributed by atoms with Crippen LogP contribution < -0.4 is 0 Å². The Bertz CT molecular complexity index is 486. The van der Waals surface area contributed by atoms with Crippen LogP contribution in [-0.4, -0.2) is 33.8 Å². The van der Waals surface area contributed by atoms with E-state index in [0.29, 0.717) is 31.6 Å². The van der Waals surface area contributed by atoms with Crippen molar-refractivity contribution in [2.45, 2.75) is 56.3 Å². The number of carbonyl (C=O) groups is 1. The lowest BCUT2D eigenvalue weighted by molar-refractivity contribution is -0.433. The average Bonchev–Trinajstić information content (AvgIpc) is 2.55. The van der Waals surface area contributed by atoms with Gasteiger partial charge in [-0.25, -0.2) is 5.26 Å². The molecule has 4 saturated carbocycles. The molecule has 0 saturated heterocycles. The molecule has 0 radical (unpaired) electrons. The number of halogens is 2. The first kappa shape index (κ1) is 18.3. The van der Waals surface area contributed by atoms with Gasteiger partial charge >= 0.3 is 11.2 Å². The summed E-state index contributed by atoms with van der Waals surface area (Å²) in [6.45, 7) is 0.800. The van der Waals surface area contributed by atoms with E-state index in [1.54, 1.807) is 0 Å². The highest BCUT2D eigenvalue weighted by Crippen LogP contribution is 2.64. The molecule has 4 rings (SSSR count). The number of rotatable bonds is 7. The largest absolute Gasteiger partial charge is 0.458 e. The average molecular weight is 368 g/mol. The summed E-state index contributed by atoms with van der Waals surface area (Å²) < 4.78 is 35.5. The third-order valence-electron chi connectivity index (χ3n) is 6.16. The second kappa shape index (κ2) is 6.35. The maximum absolute atomic E-state index is 13.5. The molecule has 2 N–H and O–H groups in total. The summed E-state index contributed by atoms with van der Waals surface area (Å²) in [7, 11) is 0. The van der Waals surface area contributed by atoms with E-state index in [0.717, 1.165) is 12.8 Å². The molecule has 9 heteroatoms. The van der Waals surface area contributed by atoms with Crippen molar-refractivity contribution in [2.24, 2.45) is 23.2 Å². The van der Waals surface area contributed by atoms with Gasteiger partial charge in [-0.15, -0.1) is 4.33 Å². The maximum atomic E-state index is 13.5. The number of alkyl halides is 2. The van der Waals surface area contributed by atoms with Crippen molar-refractivity contribution in [1.82, 2.24) is 0 Å². The second-order valence-corrected chi connectivity index (χ2v) is 8.31. The lowest BCUT2D eigenvalue weighted by atomic mass is 9.44. The van der Waals surface area contributed by atoms with Crippen LogP contribution in [0.1, 0.15) is 45.4 Å². The van der Waals surface area contributed by atoms with E-state index in [1.165, 1.54) is 0 Å². The quantitative estimate of drug-likeness (QED) is 0.309. The molecule has 0 heterocycles. The molecular formula is C15H22F2O6S. The van der Waals surface area contributed by atoms with Crippen molar-refractivity contribution in [2.75, 3.05) is 6.61 Å². The number of hydrogen-bond acceptors (Lipinski definition) is 7. The molecule has 0 amide bonds. The number of ether oxygens (including phenoxy) is 1. The minimum atomic E-state index is -3.52. The molecule has 0 aromatic rings. The normalized spacial score (nSPS) is 40.8. The molecule has 4 fully saturated rings. The van der Waals surface area contributed by atoms with Crippen LogP contribution in [0.15, 0.2) is 0 Å². The fourth-order valence-corrected chi connectivity index (χ4v) is 5.53. The SMILES string of the molecule is CCC1(O)C2CC3CC1CC(C(=O)OCC(F)(F)SOOO)(C3)C2. The number of aliphatic hydroxyl groups is 1. The highest BCUT2D eigenvalue weighted by Gasteiger charge is 2.64. The van der Waals surface area contributed by atoms with Crippen LogP contribution in [0.3, 0.4) is 0 Å². The van der Waals surface area contributed by atoms with Crippen LogP contribution in [0.4, 0.5) is 8.78 Å². The van der Waals surface area contributed by atoms with Gasteiger partial charge in [-0.05, 0) is 56.3 Å². The van der Waals surface area contributed by atoms with Crippen LogP contribution in [0.25, 0.3) is 0 Å². The molecule has 4 aliphatic rings. The van der Waals surface area contributed by atoms with Gasteiger partial charge in [-0.1, -0.05) is 12.0 Å². The number of carbonyl (C=O) groups excluding carboxylic acids is 1. The van der Waals surface area contributed by atoms with Gasteiger partial charge in [0.15, 0.2) is 6.61 Å². The molecule has 4 aliphatic carbocycles. The van der Waals surface area contributed by atoms with Gasteiger partial charge in [-0.3, -0.25) is 4.79 Å². The lowest BCUT2D eigenvalue weighted by Gasteiger charge is -2.62. The van der Waals surface area contributed by atoms with E-state index in [2.05, 4.69) is 9.37 Å². The predicted octanol–water partition coefficient (Wildman–Crippen LogP) is 3.16. The zero-order valence-corrected chi connectivity index (χ0v) is 14.2. The predicted molar refractivity (Wildman–Crippen MR) is 79.5 cm³/mol. The minimum Gasteiger partial charge on any atom is -0.458 e. The van der Waals surface area contributed by atoms with Gasteiger partial charge in [0.2, 0.25) is 0 Å². The summed E-state index contributed by atoms with van der Waals surface area (Å²) >= 11 is -0.422. The molecule has 138 valence electrons. The van der Waals surface area contributed by atoms with E-state index in [9.17, 15) is 18.7 Å². The van der Waals surface area contributed by atoms with E-state index in [1.807, 2.05) is 6.92 Å². The summed E-state index contributed by atoms with van der Waals surface area (Å²) in [6, 6.07) is 0. The highest BCUT2D eigenvalue weighted by molar-refractivity contribution is 7.95. The highest BCUT2D eigenvalue weighted by atomic mass is 32.2. The maximum Gasteiger partial charge on any atom is 0.354 e. The smallest absolute Gasteiger partial charge is 0.354 e. The van der Waals surface area contributed by atoms with E-state index >= 15 is 0 Å². The van der Waals surface area contributed by atoms with E-state index in [4.69, 9.17) is 9.99 Å². The van der Waals surface area contributed by atoms with E-state index < -0.39 is 40.9 Å². The fraction of sp³-hybridized carbons (Fsp3) is 0.933. The molecule has 6 nitrogen and oxygen atoms in total. The van der Waals surface area contributed by atoms with Crippen LogP contribution in [0.5, 0.6) is 0 Å². The Balaban J connectivity index is 1.66. The van der Waals surface area contributed by atoms with Crippen LogP contribution in [-0.2, 0) is 18.9 Å². The Labute approximate surface area is 142 Å². The van der Waals surface area contributed by atoms with Crippen LogP contribution in [0.2, 0.25) is 0 Å². The zero-order chi connectivity index (χ0) is 17.6. The topological polar surface area (TPSA) is 85.2 Å². The van der Waals surface area contributed by atoms with Crippen molar-refractivity contribution in [1.29, 1.82) is 0 Å². The second-order valence-electron chi connectivity index (χ2n) is 7.41. The molecule has 4 bridgehead atoms. The van der Waals surface area contributed by atoms with Gasteiger partial charge in [-0.2, -0.15) is 8.78 Å². The molecule has 0 aromatic carbocycles. The minimum absolute atomic E-state index is 0.0299. The van der Waals surface area contributed by atoms with Crippen molar-refractivity contribution < 1.29 is 38.0 Å². The first-order valence-electron chi connectivity index (χ1n) is 8.18. The summed E-state index contributed by atoms with van der Waals surface area (Å²) in [5.41, 5.74) is -1.50. The summed E-state index contributed by atoms with van der Waals surface area (Å²) in [4.78, 5) is 12.5. The van der Waals surface area contributed by atoms with E-state index in [-0.39, 0.29) is 11.8 Å². The third kappa shape index (κ3) is 3.05.